The molecule has 3 aromatic rings. The van der Waals surface area contributed by atoms with Gasteiger partial charge in [-0.25, -0.2) is 10.2 Å². The minimum absolute atomic E-state index is 0.100. The van der Waals surface area contributed by atoms with E-state index in [0.29, 0.717) is 11.8 Å². The molecule has 3 rings (SSSR count). The van der Waals surface area contributed by atoms with Crippen molar-refractivity contribution in [2.24, 2.45) is 11.0 Å². The van der Waals surface area contributed by atoms with Crippen molar-refractivity contribution < 1.29 is 37.2 Å². The largest absolute Gasteiger partial charge is 0.422 e. The van der Waals surface area contributed by atoms with Gasteiger partial charge in [0, 0.05) is 34.9 Å². The fraction of sp³-hybridized carbons (Fsp3) is 0.154. The van der Waals surface area contributed by atoms with Gasteiger partial charge in [0.15, 0.2) is 0 Å². The van der Waals surface area contributed by atoms with Crippen molar-refractivity contribution in [1.82, 2.24) is 5.43 Å². The summed E-state index contributed by atoms with van der Waals surface area (Å²) in [6.45, 7) is 3.46. The number of amides is 2. The van der Waals surface area contributed by atoms with E-state index in [-0.39, 0.29) is 34.4 Å². The molecule has 0 spiro atoms. The smallest absolute Gasteiger partial charge is 0.416 e. The zero-order valence-corrected chi connectivity index (χ0v) is 20.5. The molecule has 3 aromatic carbocycles. The third kappa shape index (κ3) is 7.71. The quantitative estimate of drug-likeness (QED) is 0.132. The summed E-state index contributed by atoms with van der Waals surface area (Å²) in [6.07, 6.45) is -3.70. The Labute approximate surface area is 219 Å². The summed E-state index contributed by atoms with van der Waals surface area (Å²) in [5.41, 5.74) is 0.948. The SMILES string of the molecule is CC(C)C(=O)Nc1ccc(C(=O)N/N=C/c2cc([N+](=O)[O-])ccc2OC(=O)c2cccc(C(F)(F)F)c2)cc1. The van der Waals surface area contributed by atoms with Crippen molar-refractivity contribution in [3.05, 3.63) is 99.1 Å². The van der Waals surface area contributed by atoms with Crippen LogP contribution in [0.5, 0.6) is 5.75 Å². The van der Waals surface area contributed by atoms with Crippen LogP contribution in [0.2, 0.25) is 0 Å². The van der Waals surface area contributed by atoms with E-state index in [2.05, 4.69) is 15.8 Å². The van der Waals surface area contributed by atoms with Gasteiger partial charge in [-0.1, -0.05) is 19.9 Å². The number of halogens is 3. The number of hydrazone groups is 1. The van der Waals surface area contributed by atoms with Crippen LogP contribution >= 0.6 is 0 Å². The molecule has 202 valence electrons. The first-order valence-electron chi connectivity index (χ1n) is 11.3. The highest BCUT2D eigenvalue weighted by Gasteiger charge is 2.31. The van der Waals surface area contributed by atoms with E-state index in [1.165, 1.54) is 24.3 Å². The molecule has 0 saturated carbocycles. The first-order chi connectivity index (χ1) is 18.3. The summed E-state index contributed by atoms with van der Waals surface area (Å²) >= 11 is 0. The number of hydrogen-bond donors (Lipinski definition) is 2. The minimum Gasteiger partial charge on any atom is -0.422 e. The molecular formula is C26H21F3N4O6. The number of anilines is 1. The average molecular weight is 542 g/mol. The Morgan fingerprint density at radius 2 is 1.69 bits per heavy atom. The van der Waals surface area contributed by atoms with E-state index in [9.17, 15) is 37.7 Å². The number of nitro benzene ring substituents is 1. The number of esters is 1. The van der Waals surface area contributed by atoms with E-state index < -0.39 is 34.1 Å². The standard InChI is InChI=1S/C26H21F3N4O6/c1-15(2)23(34)31-20-8-6-16(7-9-20)24(35)32-30-14-18-13-21(33(37)38)10-11-22(18)39-25(36)17-4-3-5-19(12-17)26(27,28)29/h3-15H,1-2H3,(H,31,34)(H,32,35)/b30-14+. The van der Waals surface area contributed by atoms with Gasteiger partial charge in [0.25, 0.3) is 11.6 Å². The number of rotatable bonds is 8. The Morgan fingerprint density at radius 1 is 1.00 bits per heavy atom. The van der Waals surface area contributed by atoms with Crippen molar-refractivity contribution >= 4 is 35.4 Å². The Kier molecular flexibility index (Phi) is 8.76. The number of non-ortho nitro benzene ring substituents is 1. The number of benzene rings is 3. The van der Waals surface area contributed by atoms with Gasteiger partial charge in [0.05, 0.1) is 22.3 Å². The molecule has 0 bridgehead atoms. The number of alkyl halides is 3. The Bertz CT molecular complexity index is 1440. The van der Waals surface area contributed by atoms with Crippen molar-refractivity contribution in [2.75, 3.05) is 5.32 Å². The molecule has 0 fully saturated rings. The Balaban J connectivity index is 1.76. The van der Waals surface area contributed by atoms with Crippen LogP contribution in [0.15, 0.2) is 71.8 Å². The van der Waals surface area contributed by atoms with Crippen molar-refractivity contribution in [2.45, 2.75) is 20.0 Å². The van der Waals surface area contributed by atoms with Gasteiger partial charge >= 0.3 is 12.1 Å². The maximum absolute atomic E-state index is 13.0. The van der Waals surface area contributed by atoms with Gasteiger partial charge in [-0.15, -0.1) is 0 Å². The van der Waals surface area contributed by atoms with Gasteiger partial charge < -0.3 is 10.1 Å². The summed E-state index contributed by atoms with van der Waals surface area (Å²) in [7, 11) is 0. The number of nitrogens with zero attached hydrogens (tertiary/aromatic N) is 2. The molecule has 0 aliphatic heterocycles. The van der Waals surface area contributed by atoms with Gasteiger partial charge in [0.1, 0.15) is 5.75 Å². The summed E-state index contributed by atoms with van der Waals surface area (Å²) < 4.78 is 44.1. The highest BCUT2D eigenvalue weighted by atomic mass is 19.4. The number of ether oxygens (including phenoxy) is 1. The van der Waals surface area contributed by atoms with Crippen LogP contribution in [0.4, 0.5) is 24.5 Å². The van der Waals surface area contributed by atoms with Crippen molar-refractivity contribution in [3.63, 3.8) is 0 Å². The molecule has 0 unspecified atom stereocenters. The average Bonchev–Trinajstić information content (AvgIpc) is 2.89. The van der Waals surface area contributed by atoms with Crippen LogP contribution in [-0.2, 0) is 11.0 Å². The van der Waals surface area contributed by atoms with Crippen LogP contribution in [0, 0.1) is 16.0 Å². The molecule has 0 atom stereocenters. The molecular weight excluding hydrogens is 521 g/mol. The fourth-order valence-corrected chi connectivity index (χ4v) is 3.04. The van der Waals surface area contributed by atoms with Crippen LogP contribution in [0.1, 0.15) is 45.7 Å². The molecule has 2 N–H and O–H groups in total. The summed E-state index contributed by atoms with van der Waals surface area (Å²) in [5.74, 6) is -2.46. The number of carbonyl (C=O) groups excluding carboxylic acids is 3. The first kappa shape index (κ1) is 28.5. The van der Waals surface area contributed by atoms with Crippen LogP contribution in [-0.4, -0.2) is 28.9 Å². The van der Waals surface area contributed by atoms with Crippen LogP contribution < -0.4 is 15.5 Å². The van der Waals surface area contributed by atoms with Gasteiger partial charge in [-0.05, 0) is 48.5 Å². The molecule has 2 amide bonds. The highest BCUT2D eigenvalue weighted by molar-refractivity contribution is 5.97. The normalized spacial score (nSPS) is 11.3. The zero-order chi connectivity index (χ0) is 28.7. The molecule has 39 heavy (non-hydrogen) atoms. The van der Waals surface area contributed by atoms with E-state index in [4.69, 9.17) is 4.74 Å². The molecule has 0 heterocycles. The molecule has 0 aliphatic rings. The molecule has 0 radical (unpaired) electrons. The number of hydrogen-bond acceptors (Lipinski definition) is 7. The van der Waals surface area contributed by atoms with E-state index in [1.54, 1.807) is 13.8 Å². The second kappa shape index (κ2) is 12.0. The van der Waals surface area contributed by atoms with Crippen molar-refractivity contribution in [3.8, 4) is 5.75 Å². The number of carbonyl (C=O) groups is 3. The minimum atomic E-state index is -4.68. The third-order valence-corrected chi connectivity index (χ3v) is 5.14. The lowest BCUT2D eigenvalue weighted by Crippen LogP contribution is -2.19. The van der Waals surface area contributed by atoms with E-state index in [1.807, 2.05) is 0 Å². The van der Waals surface area contributed by atoms with Gasteiger partial charge in [0.2, 0.25) is 5.91 Å². The lowest BCUT2D eigenvalue weighted by molar-refractivity contribution is -0.384. The lowest BCUT2D eigenvalue weighted by atomic mass is 10.1. The first-order valence-corrected chi connectivity index (χ1v) is 11.3. The molecule has 0 aliphatic carbocycles. The van der Waals surface area contributed by atoms with E-state index >= 15 is 0 Å². The molecule has 0 aromatic heterocycles. The van der Waals surface area contributed by atoms with Crippen LogP contribution in [0.25, 0.3) is 0 Å². The summed E-state index contributed by atoms with van der Waals surface area (Å²) in [5, 5.41) is 17.6. The second-order valence-electron chi connectivity index (χ2n) is 8.37. The number of nitrogens with one attached hydrogen (secondary N) is 2. The predicted octanol–water partition coefficient (Wildman–Crippen LogP) is 5.19. The topological polar surface area (TPSA) is 140 Å². The molecule has 10 nitrogen and oxygen atoms in total. The third-order valence-electron chi connectivity index (χ3n) is 5.14. The fourth-order valence-electron chi connectivity index (χ4n) is 3.04. The molecule has 13 heteroatoms. The summed E-state index contributed by atoms with van der Waals surface area (Å²) in [6, 6.07) is 12.6. The molecule has 0 saturated heterocycles. The van der Waals surface area contributed by atoms with Crippen molar-refractivity contribution in [1.29, 1.82) is 0 Å². The second-order valence-corrected chi connectivity index (χ2v) is 8.37. The maximum atomic E-state index is 13.0. The Morgan fingerprint density at radius 3 is 2.31 bits per heavy atom. The lowest BCUT2D eigenvalue weighted by Gasteiger charge is -2.10. The zero-order valence-electron chi connectivity index (χ0n) is 20.5. The van der Waals surface area contributed by atoms with Gasteiger partial charge in [-0.2, -0.15) is 18.3 Å². The van der Waals surface area contributed by atoms with Gasteiger partial charge in [-0.3, -0.25) is 19.7 Å². The maximum Gasteiger partial charge on any atom is 0.416 e. The van der Waals surface area contributed by atoms with Crippen LogP contribution in [0.3, 0.4) is 0 Å². The predicted molar refractivity (Wildman–Crippen MR) is 134 cm³/mol. The van der Waals surface area contributed by atoms with E-state index in [0.717, 1.165) is 42.6 Å². The monoisotopic (exact) mass is 542 g/mol. The highest BCUT2D eigenvalue weighted by Crippen LogP contribution is 2.30. The number of nitro groups is 1. The Hall–Kier alpha value is -5.07. The summed E-state index contributed by atoms with van der Waals surface area (Å²) in [4.78, 5) is 47.2.